The number of rotatable bonds is 3. The Hall–Kier alpha value is -0.880. The fourth-order valence-electron chi connectivity index (χ4n) is 2.69. The predicted octanol–water partition coefficient (Wildman–Crippen LogP) is 4.42. The first kappa shape index (κ1) is 15.0. The molecule has 1 aliphatic heterocycles. The molecular formula is C15H13BrClNO2S. The summed E-state index contributed by atoms with van der Waals surface area (Å²) in [7, 11) is 0. The molecular weight excluding hydrogens is 374 g/mol. The van der Waals surface area contributed by atoms with Gasteiger partial charge in [0.15, 0.2) is 0 Å². The number of carbonyl (C=O) groups is 1. The van der Waals surface area contributed by atoms with Gasteiger partial charge in [0.1, 0.15) is 4.34 Å². The summed E-state index contributed by atoms with van der Waals surface area (Å²) >= 11 is 11.1. The number of halogens is 2. The second kappa shape index (κ2) is 6.08. The molecule has 0 saturated heterocycles. The standard InChI is InChI=1S/C15H13BrClNO2S/c16-13-6-10(21-14(13)17)8-18-5-4-11-9(7-18)2-1-3-12(11)15(19)20/h1-3,6H,4-5,7-8H2,(H,19,20). The Labute approximate surface area is 140 Å². The van der Waals surface area contributed by atoms with Crippen molar-refractivity contribution in [3.63, 3.8) is 0 Å². The Bertz CT molecular complexity index is 681. The maximum Gasteiger partial charge on any atom is 0.335 e. The van der Waals surface area contributed by atoms with Crippen LogP contribution in [0.15, 0.2) is 28.7 Å². The molecule has 1 aliphatic rings. The molecule has 2 heterocycles. The SMILES string of the molecule is O=C(O)c1cccc2c1CCN(Cc1cc(Br)c(Cl)s1)C2. The van der Waals surface area contributed by atoms with Gasteiger partial charge >= 0.3 is 5.97 Å². The number of nitrogens with zero attached hydrogens (tertiary/aromatic N) is 1. The van der Waals surface area contributed by atoms with Crippen LogP contribution in [0.2, 0.25) is 4.34 Å². The minimum Gasteiger partial charge on any atom is -0.478 e. The maximum absolute atomic E-state index is 11.3. The smallest absolute Gasteiger partial charge is 0.335 e. The highest BCUT2D eigenvalue weighted by molar-refractivity contribution is 9.10. The van der Waals surface area contributed by atoms with Gasteiger partial charge in [0.05, 0.1) is 5.56 Å². The fraction of sp³-hybridized carbons (Fsp3) is 0.267. The molecule has 0 saturated carbocycles. The van der Waals surface area contributed by atoms with Crippen LogP contribution in [0.1, 0.15) is 26.4 Å². The van der Waals surface area contributed by atoms with E-state index in [1.165, 1.54) is 4.88 Å². The highest BCUT2D eigenvalue weighted by atomic mass is 79.9. The molecule has 0 fully saturated rings. The second-order valence-electron chi connectivity index (χ2n) is 5.04. The van der Waals surface area contributed by atoms with Gasteiger partial charge in [-0.3, -0.25) is 4.90 Å². The molecule has 21 heavy (non-hydrogen) atoms. The van der Waals surface area contributed by atoms with Crippen LogP contribution in [0.3, 0.4) is 0 Å². The molecule has 1 N–H and O–H groups in total. The van der Waals surface area contributed by atoms with Gasteiger partial charge in [-0.05, 0) is 45.6 Å². The summed E-state index contributed by atoms with van der Waals surface area (Å²) in [4.78, 5) is 14.8. The maximum atomic E-state index is 11.3. The molecule has 0 amide bonds. The quantitative estimate of drug-likeness (QED) is 0.849. The predicted molar refractivity (Wildman–Crippen MR) is 88.2 cm³/mol. The van der Waals surface area contributed by atoms with Crippen LogP contribution in [0.4, 0.5) is 0 Å². The fourth-order valence-corrected chi connectivity index (χ4v) is 4.53. The molecule has 6 heteroatoms. The van der Waals surface area contributed by atoms with Gasteiger partial charge in [-0.2, -0.15) is 0 Å². The van der Waals surface area contributed by atoms with E-state index < -0.39 is 5.97 Å². The van der Waals surface area contributed by atoms with E-state index in [0.717, 1.165) is 46.0 Å². The topological polar surface area (TPSA) is 40.5 Å². The Morgan fingerprint density at radius 1 is 1.48 bits per heavy atom. The molecule has 0 unspecified atom stereocenters. The van der Waals surface area contributed by atoms with Gasteiger partial charge in [-0.1, -0.05) is 23.7 Å². The van der Waals surface area contributed by atoms with E-state index in [9.17, 15) is 9.90 Å². The Morgan fingerprint density at radius 3 is 2.95 bits per heavy atom. The first-order valence-electron chi connectivity index (χ1n) is 6.54. The van der Waals surface area contributed by atoms with Crippen molar-refractivity contribution in [2.24, 2.45) is 0 Å². The number of hydrogen-bond acceptors (Lipinski definition) is 3. The zero-order valence-corrected chi connectivity index (χ0v) is 14.3. The normalized spacial score (nSPS) is 15.0. The van der Waals surface area contributed by atoms with Gasteiger partial charge in [0, 0.05) is 29.0 Å². The lowest BCUT2D eigenvalue weighted by molar-refractivity contribution is 0.0694. The third-order valence-electron chi connectivity index (χ3n) is 3.65. The van der Waals surface area contributed by atoms with E-state index in [-0.39, 0.29) is 0 Å². The third kappa shape index (κ3) is 3.16. The summed E-state index contributed by atoms with van der Waals surface area (Å²) in [6, 6.07) is 7.58. The first-order valence-corrected chi connectivity index (χ1v) is 8.53. The minimum absolute atomic E-state index is 0.439. The molecule has 0 aliphatic carbocycles. The lowest BCUT2D eigenvalue weighted by atomic mass is 9.94. The summed E-state index contributed by atoms with van der Waals surface area (Å²) in [6.45, 7) is 2.49. The Morgan fingerprint density at radius 2 is 2.29 bits per heavy atom. The van der Waals surface area contributed by atoms with Crippen molar-refractivity contribution in [3.8, 4) is 0 Å². The number of benzene rings is 1. The van der Waals surface area contributed by atoms with E-state index in [1.807, 2.05) is 12.1 Å². The van der Waals surface area contributed by atoms with Crippen LogP contribution in [-0.4, -0.2) is 22.5 Å². The molecule has 0 spiro atoms. The minimum atomic E-state index is -0.839. The molecule has 1 aromatic heterocycles. The van der Waals surface area contributed by atoms with Gasteiger partial charge in [-0.15, -0.1) is 11.3 Å². The van der Waals surface area contributed by atoms with Gasteiger partial charge in [0.25, 0.3) is 0 Å². The van der Waals surface area contributed by atoms with E-state index >= 15 is 0 Å². The molecule has 0 atom stereocenters. The monoisotopic (exact) mass is 385 g/mol. The Balaban J connectivity index is 1.78. The molecule has 0 bridgehead atoms. The van der Waals surface area contributed by atoms with E-state index in [1.54, 1.807) is 17.4 Å². The van der Waals surface area contributed by atoms with Crippen LogP contribution in [0, 0.1) is 0 Å². The average Bonchev–Trinajstić information content (AvgIpc) is 2.76. The largest absolute Gasteiger partial charge is 0.478 e. The summed E-state index contributed by atoms with van der Waals surface area (Å²) in [6.07, 6.45) is 0.776. The molecule has 110 valence electrons. The Kier molecular flexibility index (Phi) is 4.36. The summed E-state index contributed by atoms with van der Waals surface area (Å²) < 4.78 is 1.71. The lowest BCUT2D eigenvalue weighted by Gasteiger charge is -2.29. The van der Waals surface area contributed by atoms with E-state index in [4.69, 9.17) is 11.6 Å². The molecule has 0 radical (unpaired) electrons. The van der Waals surface area contributed by atoms with Crippen molar-refractivity contribution < 1.29 is 9.90 Å². The highest BCUT2D eigenvalue weighted by Crippen LogP contribution is 2.33. The summed E-state index contributed by atoms with van der Waals surface area (Å²) in [5, 5.41) is 9.24. The van der Waals surface area contributed by atoms with Gasteiger partial charge in [-0.25, -0.2) is 4.79 Å². The van der Waals surface area contributed by atoms with E-state index in [0.29, 0.717) is 5.56 Å². The van der Waals surface area contributed by atoms with Gasteiger partial charge in [0.2, 0.25) is 0 Å². The van der Waals surface area contributed by atoms with Crippen LogP contribution in [0.5, 0.6) is 0 Å². The molecule has 3 rings (SSSR count). The van der Waals surface area contributed by atoms with Crippen molar-refractivity contribution in [1.82, 2.24) is 4.90 Å². The second-order valence-corrected chi connectivity index (χ2v) is 7.64. The van der Waals surface area contributed by atoms with Crippen LogP contribution >= 0.6 is 38.9 Å². The number of aromatic carboxylic acids is 1. The highest BCUT2D eigenvalue weighted by Gasteiger charge is 2.21. The van der Waals surface area contributed by atoms with Crippen LogP contribution in [-0.2, 0) is 19.5 Å². The number of fused-ring (bicyclic) bond motifs is 1. The molecule has 3 nitrogen and oxygen atoms in total. The summed E-state index contributed by atoms with van der Waals surface area (Å²) in [5.41, 5.74) is 2.53. The van der Waals surface area contributed by atoms with Crippen molar-refractivity contribution in [2.75, 3.05) is 6.54 Å². The lowest BCUT2D eigenvalue weighted by Crippen LogP contribution is -2.30. The molecule has 1 aromatic carbocycles. The number of carboxylic acid groups (broad SMARTS) is 1. The van der Waals surface area contributed by atoms with Crippen molar-refractivity contribution >= 4 is 44.8 Å². The first-order chi connectivity index (χ1) is 10.0. The van der Waals surface area contributed by atoms with Gasteiger partial charge < -0.3 is 5.11 Å². The van der Waals surface area contributed by atoms with E-state index in [2.05, 4.69) is 26.9 Å². The van der Waals surface area contributed by atoms with Crippen LogP contribution in [0.25, 0.3) is 0 Å². The van der Waals surface area contributed by atoms with Crippen molar-refractivity contribution in [3.05, 3.63) is 54.6 Å². The number of hydrogen-bond donors (Lipinski definition) is 1. The van der Waals surface area contributed by atoms with Crippen molar-refractivity contribution in [1.29, 1.82) is 0 Å². The third-order valence-corrected chi connectivity index (χ3v) is 6.11. The molecule has 2 aromatic rings. The number of thiophene rings is 1. The zero-order valence-electron chi connectivity index (χ0n) is 11.1. The average molecular weight is 387 g/mol. The zero-order chi connectivity index (χ0) is 15.0. The number of carboxylic acids is 1. The van der Waals surface area contributed by atoms with Crippen molar-refractivity contribution in [2.45, 2.75) is 19.5 Å². The summed E-state index contributed by atoms with van der Waals surface area (Å²) in [5.74, 6) is -0.839. The van der Waals surface area contributed by atoms with Crippen LogP contribution < -0.4 is 0 Å².